The molecular weight excluding hydrogens is 573 g/mol. The average Bonchev–Trinajstić information content (AvgIpc) is 2.99. The molecule has 1 heterocycles. The van der Waals surface area contributed by atoms with Crippen molar-refractivity contribution in [3.05, 3.63) is 129 Å². The molecule has 0 saturated heterocycles. The average molecular weight is 598 g/mol. The first kappa shape index (κ1) is 28.8. The highest BCUT2D eigenvalue weighted by Gasteiger charge is 2.23. The predicted octanol–water partition coefficient (Wildman–Crippen LogP) is 7.13. The largest absolute Gasteiger partial charge is 0.464 e. The molecule has 0 spiro atoms. The van der Waals surface area contributed by atoms with Crippen LogP contribution in [-0.2, 0) is 9.53 Å². The second-order valence-corrected chi connectivity index (χ2v) is 10.4. The van der Waals surface area contributed by atoms with Crippen molar-refractivity contribution in [1.82, 2.24) is 15.6 Å². The van der Waals surface area contributed by atoms with Crippen LogP contribution in [0.15, 0.2) is 96.8 Å². The molecule has 0 radical (unpaired) electrons. The molecule has 9 heteroatoms. The molecule has 0 aliphatic carbocycles. The van der Waals surface area contributed by atoms with Gasteiger partial charge in [0.1, 0.15) is 5.70 Å². The number of fused-ring (bicyclic) bond motifs is 2. The van der Waals surface area contributed by atoms with Gasteiger partial charge < -0.3 is 15.4 Å². The van der Waals surface area contributed by atoms with Gasteiger partial charge in [-0.1, -0.05) is 83.9 Å². The number of hydrogen-bond donors (Lipinski definition) is 2. The van der Waals surface area contributed by atoms with E-state index in [-0.39, 0.29) is 32.9 Å². The number of methoxy groups -OCH3 is 1. The van der Waals surface area contributed by atoms with Gasteiger partial charge in [-0.05, 0) is 59.2 Å². The molecule has 0 fully saturated rings. The lowest BCUT2D eigenvalue weighted by molar-refractivity contribution is -0.136. The van der Waals surface area contributed by atoms with Gasteiger partial charge in [0.25, 0.3) is 11.8 Å². The molecule has 42 heavy (non-hydrogen) atoms. The number of halogens is 2. The van der Waals surface area contributed by atoms with Crippen LogP contribution in [0.2, 0.25) is 10.0 Å². The minimum absolute atomic E-state index is 0.0560. The Balaban J connectivity index is 1.37. The maximum Gasteiger partial charge on any atom is 0.354 e. The van der Waals surface area contributed by atoms with Crippen LogP contribution in [0.25, 0.3) is 27.8 Å². The summed E-state index contributed by atoms with van der Waals surface area (Å²) in [7, 11) is 1.20. The maximum absolute atomic E-state index is 13.2. The Labute approximate surface area is 252 Å². The fourth-order valence-corrected chi connectivity index (χ4v) is 5.34. The standard InChI is InChI=1S/C33H25Cl2N3O4/c1-19(24-12-7-10-21-8-3-5-11-25(21)24)37-31(39)23-16-26(34)30(27(35)17-23)32(40)38-29(33(41)42-2)15-20-14-22-9-4-6-13-28(22)36-18-20/h3-19H,1-2H3,(H,37,39)(H,38,40)/t19-/m1/s1. The summed E-state index contributed by atoms with van der Waals surface area (Å²) in [6, 6.07) is 25.6. The number of nitrogens with zero attached hydrogens (tertiary/aromatic N) is 1. The van der Waals surface area contributed by atoms with E-state index in [0.717, 1.165) is 27.2 Å². The lowest BCUT2D eigenvalue weighted by Gasteiger charge is -2.17. The van der Waals surface area contributed by atoms with Gasteiger partial charge in [0, 0.05) is 17.1 Å². The number of nitrogens with one attached hydrogen (secondary N) is 2. The molecule has 7 nitrogen and oxygen atoms in total. The minimum atomic E-state index is -0.776. The van der Waals surface area contributed by atoms with Crippen molar-refractivity contribution in [2.75, 3.05) is 7.11 Å². The topological polar surface area (TPSA) is 97.4 Å². The Bertz CT molecular complexity index is 1860. The Kier molecular flexibility index (Phi) is 8.52. The fraction of sp³-hybridized carbons (Fsp3) is 0.0909. The predicted molar refractivity (Wildman–Crippen MR) is 165 cm³/mol. The van der Waals surface area contributed by atoms with E-state index >= 15 is 0 Å². The van der Waals surface area contributed by atoms with Crippen LogP contribution in [0, 0.1) is 0 Å². The first-order valence-corrected chi connectivity index (χ1v) is 13.7. The van der Waals surface area contributed by atoms with Gasteiger partial charge in [-0.25, -0.2) is 4.79 Å². The molecule has 0 bridgehead atoms. The third kappa shape index (κ3) is 6.12. The molecule has 0 unspecified atom stereocenters. The molecule has 1 aromatic heterocycles. The number of amides is 2. The van der Waals surface area contributed by atoms with Gasteiger partial charge in [0.05, 0.1) is 34.3 Å². The van der Waals surface area contributed by atoms with Crippen LogP contribution in [0.3, 0.4) is 0 Å². The van der Waals surface area contributed by atoms with Crippen LogP contribution >= 0.6 is 23.2 Å². The van der Waals surface area contributed by atoms with Crippen molar-refractivity contribution < 1.29 is 19.1 Å². The van der Waals surface area contributed by atoms with Crippen molar-refractivity contribution in [1.29, 1.82) is 0 Å². The summed E-state index contributed by atoms with van der Waals surface area (Å²) < 4.78 is 4.86. The number of rotatable bonds is 7. The molecular formula is C33H25Cl2N3O4. The molecule has 1 atom stereocenters. The number of hydrogen-bond acceptors (Lipinski definition) is 5. The molecule has 2 N–H and O–H groups in total. The zero-order valence-corrected chi connectivity index (χ0v) is 24.2. The lowest BCUT2D eigenvalue weighted by Crippen LogP contribution is -2.29. The van der Waals surface area contributed by atoms with Gasteiger partial charge in [0.15, 0.2) is 0 Å². The second-order valence-electron chi connectivity index (χ2n) is 9.54. The fourth-order valence-electron chi connectivity index (χ4n) is 4.68. The summed E-state index contributed by atoms with van der Waals surface area (Å²) in [4.78, 5) is 43.3. The van der Waals surface area contributed by atoms with Crippen LogP contribution in [0.4, 0.5) is 0 Å². The number of para-hydroxylation sites is 1. The Morgan fingerprint density at radius 3 is 2.26 bits per heavy atom. The number of ether oxygens (including phenoxy) is 1. The number of carbonyl (C=O) groups is 3. The summed E-state index contributed by atoms with van der Waals surface area (Å²) in [5.74, 6) is -1.93. The lowest BCUT2D eigenvalue weighted by atomic mass is 9.99. The van der Waals surface area contributed by atoms with E-state index in [4.69, 9.17) is 27.9 Å². The van der Waals surface area contributed by atoms with Gasteiger partial charge in [-0.2, -0.15) is 0 Å². The van der Waals surface area contributed by atoms with E-state index in [1.807, 2.05) is 79.7 Å². The maximum atomic E-state index is 13.2. The van der Waals surface area contributed by atoms with Crippen LogP contribution < -0.4 is 10.6 Å². The molecule has 210 valence electrons. The summed E-state index contributed by atoms with van der Waals surface area (Å²) in [6.07, 6.45) is 3.02. The van der Waals surface area contributed by atoms with Crippen molar-refractivity contribution in [3.8, 4) is 0 Å². The summed E-state index contributed by atoms with van der Waals surface area (Å²) in [5.41, 5.74) is 2.25. The zero-order valence-electron chi connectivity index (χ0n) is 22.7. The third-order valence-electron chi connectivity index (χ3n) is 6.74. The van der Waals surface area contributed by atoms with Crippen molar-refractivity contribution >= 4 is 68.7 Å². The second kappa shape index (κ2) is 12.4. The number of benzene rings is 4. The molecule has 4 aromatic carbocycles. The minimum Gasteiger partial charge on any atom is -0.464 e. The zero-order chi connectivity index (χ0) is 29.8. The van der Waals surface area contributed by atoms with Gasteiger partial charge in [0.2, 0.25) is 0 Å². The smallest absolute Gasteiger partial charge is 0.354 e. The van der Waals surface area contributed by atoms with Gasteiger partial charge >= 0.3 is 5.97 Å². The monoisotopic (exact) mass is 597 g/mol. The van der Waals surface area contributed by atoms with E-state index in [2.05, 4.69) is 15.6 Å². The molecule has 0 aliphatic rings. The first-order chi connectivity index (χ1) is 20.2. The highest BCUT2D eigenvalue weighted by molar-refractivity contribution is 6.40. The summed E-state index contributed by atoms with van der Waals surface area (Å²) in [5, 5.41) is 8.34. The molecule has 2 amide bonds. The van der Waals surface area contributed by atoms with E-state index in [9.17, 15) is 14.4 Å². The molecule has 5 rings (SSSR count). The Hall–Kier alpha value is -4.72. The van der Waals surface area contributed by atoms with Gasteiger partial charge in [-0.3, -0.25) is 14.6 Å². The third-order valence-corrected chi connectivity index (χ3v) is 7.34. The van der Waals surface area contributed by atoms with E-state index in [1.54, 1.807) is 6.20 Å². The Morgan fingerprint density at radius 2 is 1.52 bits per heavy atom. The highest BCUT2D eigenvalue weighted by atomic mass is 35.5. The van der Waals surface area contributed by atoms with E-state index < -0.39 is 17.8 Å². The van der Waals surface area contributed by atoms with Gasteiger partial charge in [-0.15, -0.1) is 0 Å². The molecule has 0 aliphatic heterocycles. The van der Waals surface area contributed by atoms with E-state index in [0.29, 0.717) is 5.56 Å². The normalized spacial score (nSPS) is 12.1. The quantitative estimate of drug-likeness (QED) is 0.154. The number of aromatic nitrogens is 1. The van der Waals surface area contributed by atoms with Crippen LogP contribution in [0.1, 0.15) is 44.8 Å². The number of carbonyl (C=O) groups excluding carboxylic acids is 3. The molecule has 5 aromatic rings. The summed E-state index contributed by atoms with van der Waals surface area (Å²) >= 11 is 12.9. The van der Waals surface area contributed by atoms with Crippen LogP contribution in [0.5, 0.6) is 0 Å². The first-order valence-electron chi connectivity index (χ1n) is 13.0. The Morgan fingerprint density at radius 1 is 0.857 bits per heavy atom. The summed E-state index contributed by atoms with van der Waals surface area (Å²) in [6.45, 7) is 1.89. The van der Waals surface area contributed by atoms with Crippen LogP contribution in [-0.4, -0.2) is 29.9 Å². The van der Waals surface area contributed by atoms with Crippen molar-refractivity contribution in [2.45, 2.75) is 13.0 Å². The molecule has 0 saturated carbocycles. The van der Waals surface area contributed by atoms with Crippen molar-refractivity contribution in [2.24, 2.45) is 0 Å². The van der Waals surface area contributed by atoms with E-state index in [1.165, 1.54) is 25.3 Å². The number of esters is 1. The SMILES string of the molecule is COC(=O)C(=Cc1cnc2ccccc2c1)NC(=O)c1c(Cl)cc(C(=O)N[C@H](C)c2cccc3ccccc23)cc1Cl. The highest BCUT2D eigenvalue weighted by Crippen LogP contribution is 2.29. The van der Waals surface area contributed by atoms with Crippen molar-refractivity contribution in [3.63, 3.8) is 0 Å². The number of pyridine rings is 1.